The van der Waals surface area contributed by atoms with Crippen LogP contribution in [0.3, 0.4) is 0 Å². The van der Waals surface area contributed by atoms with E-state index in [0.29, 0.717) is 6.54 Å². The van der Waals surface area contributed by atoms with Crippen LogP contribution in [0, 0.1) is 16.7 Å². The number of sulfonamides is 1. The lowest BCUT2D eigenvalue weighted by Crippen LogP contribution is -2.42. The van der Waals surface area contributed by atoms with Crippen molar-refractivity contribution in [2.24, 2.45) is 5.41 Å². The van der Waals surface area contributed by atoms with Gasteiger partial charge in [0.05, 0.1) is 15.5 Å². The molecule has 5 nitrogen and oxygen atoms in total. The van der Waals surface area contributed by atoms with Gasteiger partial charge in [0.15, 0.2) is 0 Å². The van der Waals surface area contributed by atoms with Crippen LogP contribution in [0.4, 0.5) is 0 Å². The average Bonchev–Trinajstić information content (AvgIpc) is 2.46. The number of hydrogen-bond donors (Lipinski definition) is 2. The van der Waals surface area contributed by atoms with Crippen molar-refractivity contribution in [3.8, 4) is 6.07 Å². The highest BCUT2D eigenvalue weighted by molar-refractivity contribution is 7.89. The largest absolute Gasteiger partial charge is 0.317 e. The Kier molecular flexibility index (Phi) is 4.89. The Morgan fingerprint density at radius 3 is 2.67 bits per heavy atom. The fourth-order valence-electron chi connectivity index (χ4n) is 2.31. The third-order valence-corrected chi connectivity index (χ3v) is 5.58. The van der Waals surface area contributed by atoms with Gasteiger partial charge >= 0.3 is 0 Å². The van der Waals surface area contributed by atoms with Gasteiger partial charge in [-0.1, -0.05) is 18.5 Å². The number of benzene rings is 1. The lowest BCUT2D eigenvalue weighted by atomic mass is 9.81. The predicted octanol–water partition coefficient (Wildman–Crippen LogP) is 1.88. The first-order valence-electron chi connectivity index (χ1n) is 6.76. The van der Waals surface area contributed by atoms with Crippen molar-refractivity contribution >= 4 is 21.6 Å². The van der Waals surface area contributed by atoms with E-state index in [1.165, 1.54) is 18.2 Å². The molecule has 2 N–H and O–H groups in total. The third-order valence-electron chi connectivity index (χ3n) is 3.87. The molecule has 0 aromatic heterocycles. The Hall–Kier alpha value is -1.13. The molecule has 1 saturated heterocycles. The summed E-state index contributed by atoms with van der Waals surface area (Å²) in [6.45, 7) is 4.29. The van der Waals surface area contributed by atoms with E-state index in [9.17, 15) is 8.42 Å². The third kappa shape index (κ3) is 3.95. The number of piperidine rings is 1. The highest BCUT2D eigenvalue weighted by Crippen LogP contribution is 2.27. The van der Waals surface area contributed by atoms with Crippen LogP contribution in [-0.4, -0.2) is 28.1 Å². The van der Waals surface area contributed by atoms with Gasteiger partial charge in [0.1, 0.15) is 6.07 Å². The van der Waals surface area contributed by atoms with E-state index >= 15 is 0 Å². The van der Waals surface area contributed by atoms with E-state index < -0.39 is 10.0 Å². The maximum absolute atomic E-state index is 12.3. The normalized spacial score (nSPS) is 18.1. The summed E-state index contributed by atoms with van der Waals surface area (Å²) in [5, 5.41) is 12.2. The van der Waals surface area contributed by atoms with Gasteiger partial charge in [0, 0.05) is 6.54 Å². The van der Waals surface area contributed by atoms with Crippen LogP contribution in [-0.2, 0) is 10.0 Å². The molecule has 114 valence electrons. The number of halogens is 1. The van der Waals surface area contributed by atoms with Crippen LogP contribution in [0.5, 0.6) is 0 Å². The zero-order chi connectivity index (χ0) is 15.5. The first-order chi connectivity index (χ1) is 9.86. The fraction of sp³-hybridized carbons (Fsp3) is 0.500. The molecule has 1 aliphatic heterocycles. The van der Waals surface area contributed by atoms with Crippen LogP contribution >= 0.6 is 11.6 Å². The Bertz CT molecular complexity index is 661. The summed E-state index contributed by atoms with van der Waals surface area (Å²) in [6.07, 6.45) is 1.87. The van der Waals surface area contributed by atoms with Crippen molar-refractivity contribution in [2.75, 3.05) is 19.6 Å². The monoisotopic (exact) mass is 327 g/mol. The first kappa shape index (κ1) is 16.2. The molecule has 0 radical (unpaired) electrons. The van der Waals surface area contributed by atoms with Gasteiger partial charge < -0.3 is 5.32 Å². The van der Waals surface area contributed by atoms with Crippen molar-refractivity contribution in [1.82, 2.24) is 10.0 Å². The topological polar surface area (TPSA) is 82.0 Å². The predicted molar refractivity (Wildman–Crippen MR) is 81.6 cm³/mol. The summed E-state index contributed by atoms with van der Waals surface area (Å²) >= 11 is 5.89. The molecule has 0 atom stereocenters. The minimum Gasteiger partial charge on any atom is -0.317 e. The van der Waals surface area contributed by atoms with Gasteiger partial charge in [-0.25, -0.2) is 13.1 Å². The summed E-state index contributed by atoms with van der Waals surface area (Å²) in [6, 6.07) is 6.04. The molecule has 1 aliphatic rings. The van der Waals surface area contributed by atoms with Gasteiger partial charge in [-0.05, 0) is 49.5 Å². The molecule has 21 heavy (non-hydrogen) atoms. The van der Waals surface area contributed by atoms with Crippen LogP contribution in [0.2, 0.25) is 5.02 Å². The van der Waals surface area contributed by atoms with E-state index in [-0.39, 0.29) is 20.9 Å². The SMILES string of the molecule is CC1(CNS(=O)(=O)c2ccc(C#N)c(Cl)c2)CCNCC1. The van der Waals surface area contributed by atoms with E-state index in [4.69, 9.17) is 16.9 Å². The van der Waals surface area contributed by atoms with Gasteiger partial charge in [-0.3, -0.25) is 0 Å². The number of nitrogens with zero attached hydrogens (tertiary/aromatic N) is 1. The molecule has 1 fully saturated rings. The average molecular weight is 328 g/mol. The quantitative estimate of drug-likeness (QED) is 0.884. The smallest absolute Gasteiger partial charge is 0.240 e. The number of hydrogen-bond acceptors (Lipinski definition) is 4. The molecule has 0 spiro atoms. The second-order valence-electron chi connectivity index (χ2n) is 5.64. The molecule has 7 heteroatoms. The van der Waals surface area contributed by atoms with Gasteiger partial charge in [0.2, 0.25) is 10.0 Å². The minimum absolute atomic E-state index is 0.0330. The summed E-state index contributed by atoms with van der Waals surface area (Å²) < 4.78 is 27.3. The Morgan fingerprint density at radius 2 is 2.10 bits per heavy atom. The van der Waals surface area contributed by atoms with E-state index in [1.807, 2.05) is 6.07 Å². The van der Waals surface area contributed by atoms with Crippen LogP contribution in [0.1, 0.15) is 25.3 Å². The van der Waals surface area contributed by atoms with E-state index in [0.717, 1.165) is 25.9 Å². The Morgan fingerprint density at radius 1 is 1.43 bits per heavy atom. The van der Waals surface area contributed by atoms with Crippen molar-refractivity contribution in [3.63, 3.8) is 0 Å². The highest BCUT2D eigenvalue weighted by Gasteiger charge is 2.28. The van der Waals surface area contributed by atoms with Gasteiger partial charge in [-0.2, -0.15) is 5.26 Å². The molecule has 1 aromatic rings. The maximum atomic E-state index is 12.3. The van der Waals surface area contributed by atoms with Crippen molar-refractivity contribution in [2.45, 2.75) is 24.7 Å². The zero-order valence-corrected chi connectivity index (χ0v) is 13.4. The van der Waals surface area contributed by atoms with Crippen molar-refractivity contribution in [1.29, 1.82) is 5.26 Å². The summed E-state index contributed by atoms with van der Waals surface area (Å²) in [5.41, 5.74) is 0.232. The lowest BCUT2D eigenvalue weighted by molar-refractivity contribution is 0.232. The number of nitrogens with one attached hydrogen (secondary N) is 2. The van der Waals surface area contributed by atoms with Crippen LogP contribution in [0.25, 0.3) is 0 Å². The van der Waals surface area contributed by atoms with Crippen LogP contribution < -0.4 is 10.0 Å². The fourth-order valence-corrected chi connectivity index (χ4v) is 3.83. The molecule has 1 heterocycles. The Labute approximate surface area is 130 Å². The first-order valence-corrected chi connectivity index (χ1v) is 8.62. The maximum Gasteiger partial charge on any atom is 0.240 e. The molecular weight excluding hydrogens is 310 g/mol. The number of nitriles is 1. The molecule has 1 aromatic carbocycles. The second-order valence-corrected chi connectivity index (χ2v) is 7.81. The van der Waals surface area contributed by atoms with Crippen molar-refractivity contribution in [3.05, 3.63) is 28.8 Å². The molecule has 2 rings (SSSR count). The number of rotatable bonds is 4. The second kappa shape index (κ2) is 6.32. The molecule has 0 amide bonds. The van der Waals surface area contributed by atoms with E-state index in [1.54, 1.807) is 0 Å². The van der Waals surface area contributed by atoms with Crippen molar-refractivity contribution < 1.29 is 8.42 Å². The summed E-state index contributed by atoms with van der Waals surface area (Å²) in [4.78, 5) is 0.0871. The standard InChI is InChI=1S/C14H18ClN3O2S/c1-14(4-6-17-7-5-14)10-18-21(19,20)12-3-2-11(9-16)13(15)8-12/h2-3,8,17-18H,4-7,10H2,1H3. The van der Waals surface area contributed by atoms with Gasteiger partial charge in [0.25, 0.3) is 0 Å². The van der Waals surface area contributed by atoms with E-state index in [2.05, 4.69) is 17.0 Å². The van der Waals surface area contributed by atoms with Crippen LogP contribution in [0.15, 0.2) is 23.1 Å². The molecule has 0 bridgehead atoms. The zero-order valence-electron chi connectivity index (χ0n) is 11.8. The van der Waals surface area contributed by atoms with Gasteiger partial charge in [-0.15, -0.1) is 0 Å². The lowest BCUT2D eigenvalue weighted by Gasteiger charge is -2.34. The molecule has 0 saturated carbocycles. The molecular formula is C14H18ClN3O2S. The minimum atomic E-state index is -3.61. The summed E-state index contributed by atoms with van der Waals surface area (Å²) in [5.74, 6) is 0. The summed E-state index contributed by atoms with van der Waals surface area (Å²) in [7, 11) is -3.61. The Balaban J connectivity index is 2.11. The molecule has 0 aliphatic carbocycles. The highest BCUT2D eigenvalue weighted by atomic mass is 35.5. The molecule has 0 unspecified atom stereocenters.